The van der Waals surface area contributed by atoms with Crippen molar-refractivity contribution >= 4 is 32.0 Å². The molecule has 96 valence electrons. The van der Waals surface area contributed by atoms with Crippen LogP contribution in [0.3, 0.4) is 0 Å². The van der Waals surface area contributed by atoms with Gasteiger partial charge in [-0.2, -0.15) is 4.98 Å². The summed E-state index contributed by atoms with van der Waals surface area (Å²) >= 11 is 2.94. The van der Waals surface area contributed by atoms with Crippen molar-refractivity contribution in [2.24, 2.45) is 0 Å². The Balaban J connectivity index is 2.33. The summed E-state index contributed by atoms with van der Waals surface area (Å²) in [5.41, 5.74) is 0. The molecule has 1 aromatic heterocycles. The second kappa shape index (κ2) is 4.65. The topological polar surface area (TPSA) is 85.1 Å². The molecule has 18 heavy (non-hydrogen) atoms. The highest BCUT2D eigenvalue weighted by molar-refractivity contribution is 9.10. The highest BCUT2D eigenvalue weighted by atomic mass is 79.9. The molecule has 0 bridgehead atoms. The first-order valence-corrected chi connectivity index (χ1v) is 6.94. The SMILES string of the molecule is Cc1noc(NS(=O)(=O)c2ccc(Br)c(F)c2)n1. The van der Waals surface area contributed by atoms with Crippen molar-refractivity contribution in [3.05, 3.63) is 34.3 Å². The second-order valence-corrected chi connectivity index (χ2v) is 5.86. The standard InChI is InChI=1S/C9H7BrFN3O3S/c1-5-12-9(17-13-5)14-18(15,16)6-2-3-7(10)8(11)4-6/h2-4H,1H3,(H,12,13,14). The Morgan fingerprint density at radius 2 is 2.17 bits per heavy atom. The van der Waals surface area contributed by atoms with Crippen LogP contribution < -0.4 is 4.72 Å². The van der Waals surface area contributed by atoms with Crippen molar-refractivity contribution in [3.8, 4) is 0 Å². The molecule has 0 fully saturated rings. The number of halogens is 2. The van der Waals surface area contributed by atoms with Gasteiger partial charge >= 0.3 is 6.01 Å². The van der Waals surface area contributed by atoms with Crippen LogP contribution in [0.2, 0.25) is 0 Å². The van der Waals surface area contributed by atoms with Crippen molar-refractivity contribution in [2.75, 3.05) is 4.72 Å². The highest BCUT2D eigenvalue weighted by Crippen LogP contribution is 2.20. The Morgan fingerprint density at radius 3 is 2.72 bits per heavy atom. The van der Waals surface area contributed by atoms with E-state index in [2.05, 4.69) is 35.3 Å². The normalized spacial score (nSPS) is 11.5. The summed E-state index contributed by atoms with van der Waals surface area (Å²) in [7, 11) is -3.95. The quantitative estimate of drug-likeness (QED) is 0.928. The van der Waals surface area contributed by atoms with Gasteiger partial charge in [0.15, 0.2) is 5.82 Å². The molecule has 1 heterocycles. The molecule has 0 aliphatic carbocycles. The molecule has 0 saturated heterocycles. The van der Waals surface area contributed by atoms with Gasteiger partial charge in [-0.1, -0.05) is 5.16 Å². The van der Waals surface area contributed by atoms with Crippen LogP contribution in [0, 0.1) is 12.7 Å². The largest absolute Gasteiger partial charge is 0.335 e. The molecule has 0 atom stereocenters. The van der Waals surface area contributed by atoms with Crippen LogP contribution in [0.15, 0.2) is 32.1 Å². The minimum atomic E-state index is -3.95. The molecule has 0 aliphatic rings. The fraction of sp³-hybridized carbons (Fsp3) is 0.111. The lowest BCUT2D eigenvalue weighted by atomic mass is 10.3. The number of benzene rings is 1. The number of rotatable bonds is 3. The van der Waals surface area contributed by atoms with Crippen molar-refractivity contribution in [1.29, 1.82) is 0 Å². The van der Waals surface area contributed by atoms with Crippen molar-refractivity contribution < 1.29 is 17.3 Å². The summed E-state index contributed by atoms with van der Waals surface area (Å²) in [5.74, 6) is -0.394. The zero-order valence-electron chi connectivity index (χ0n) is 9.02. The van der Waals surface area contributed by atoms with Gasteiger partial charge in [0.25, 0.3) is 10.0 Å². The summed E-state index contributed by atoms with van der Waals surface area (Å²) in [6, 6.07) is 3.16. The maximum absolute atomic E-state index is 13.3. The predicted octanol–water partition coefficient (Wildman–Crippen LogP) is 2.08. The number of nitrogens with one attached hydrogen (secondary N) is 1. The van der Waals surface area contributed by atoms with E-state index in [4.69, 9.17) is 0 Å². The van der Waals surface area contributed by atoms with Crippen LogP contribution in [0.4, 0.5) is 10.4 Å². The van der Waals surface area contributed by atoms with E-state index in [0.717, 1.165) is 6.07 Å². The van der Waals surface area contributed by atoms with E-state index in [-0.39, 0.29) is 21.2 Å². The van der Waals surface area contributed by atoms with E-state index < -0.39 is 15.8 Å². The number of anilines is 1. The molecule has 0 amide bonds. The zero-order chi connectivity index (χ0) is 13.3. The molecule has 9 heteroatoms. The molecule has 2 aromatic rings. The Bertz CT molecular complexity index is 686. The Morgan fingerprint density at radius 1 is 1.44 bits per heavy atom. The minimum Gasteiger partial charge on any atom is -0.314 e. The maximum Gasteiger partial charge on any atom is 0.335 e. The van der Waals surface area contributed by atoms with Crippen molar-refractivity contribution in [1.82, 2.24) is 10.1 Å². The lowest BCUT2D eigenvalue weighted by Crippen LogP contribution is -2.13. The lowest BCUT2D eigenvalue weighted by molar-refractivity contribution is 0.429. The molecule has 0 unspecified atom stereocenters. The van der Waals surface area contributed by atoms with Gasteiger partial charge in [-0.15, -0.1) is 0 Å². The maximum atomic E-state index is 13.3. The minimum absolute atomic E-state index is 0.176. The monoisotopic (exact) mass is 335 g/mol. The summed E-state index contributed by atoms with van der Waals surface area (Å²) in [5, 5.41) is 3.43. The summed E-state index contributed by atoms with van der Waals surface area (Å²) < 4.78 is 43.8. The molecule has 0 saturated carbocycles. The van der Waals surface area contributed by atoms with Crippen LogP contribution >= 0.6 is 15.9 Å². The number of sulfonamides is 1. The third-order valence-corrected chi connectivity index (χ3v) is 3.91. The first kappa shape index (κ1) is 13.0. The third-order valence-electron chi connectivity index (χ3n) is 1.95. The van der Waals surface area contributed by atoms with Crippen LogP contribution in [-0.4, -0.2) is 18.6 Å². The van der Waals surface area contributed by atoms with Gasteiger partial charge in [-0.3, -0.25) is 0 Å². The van der Waals surface area contributed by atoms with Gasteiger partial charge in [0, 0.05) is 0 Å². The number of aromatic nitrogens is 2. The zero-order valence-corrected chi connectivity index (χ0v) is 11.4. The number of hydrogen-bond acceptors (Lipinski definition) is 5. The van der Waals surface area contributed by atoms with Gasteiger partial charge in [0.05, 0.1) is 9.37 Å². The average Bonchev–Trinajstić information content (AvgIpc) is 2.67. The van der Waals surface area contributed by atoms with Gasteiger partial charge in [0.2, 0.25) is 0 Å². The van der Waals surface area contributed by atoms with E-state index in [1.807, 2.05) is 0 Å². The number of nitrogens with zero attached hydrogens (tertiary/aromatic N) is 2. The van der Waals surface area contributed by atoms with Crippen molar-refractivity contribution in [3.63, 3.8) is 0 Å². The van der Waals surface area contributed by atoms with E-state index in [1.165, 1.54) is 12.1 Å². The van der Waals surface area contributed by atoms with E-state index in [0.29, 0.717) is 0 Å². The fourth-order valence-electron chi connectivity index (χ4n) is 1.16. The average molecular weight is 336 g/mol. The molecule has 1 aromatic carbocycles. The molecular formula is C9H7BrFN3O3S. The van der Waals surface area contributed by atoms with Crippen LogP contribution in [0.1, 0.15) is 5.82 Å². The van der Waals surface area contributed by atoms with E-state index in [9.17, 15) is 12.8 Å². The van der Waals surface area contributed by atoms with Gasteiger partial charge < -0.3 is 4.52 Å². The van der Waals surface area contributed by atoms with Crippen LogP contribution in [0.25, 0.3) is 0 Å². The van der Waals surface area contributed by atoms with E-state index in [1.54, 1.807) is 6.92 Å². The third kappa shape index (κ3) is 2.67. The molecule has 0 aliphatic heterocycles. The Hall–Kier alpha value is -1.48. The first-order chi connectivity index (χ1) is 8.38. The smallest absolute Gasteiger partial charge is 0.314 e. The number of aryl methyl sites for hydroxylation is 1. The highest BCUT2D eigenvalue weighted by Gasteiger charge is 2.18. The predicted molar refractivity (Wildman–Crippen MR) is 63.9 cm³/mol. The lowest BCUT2D eigenvalue weighted by Gasteiger charge is -2.04. The summed E-state index contributed by atoms with van der Waals surface area (Å²) in [4.78, 5) is 3.45. The molecule has 6 nitrogen and oxygen atoms in total. The summed E-state index contributed by atoms with van der Waals surface area (Å²) in [6.07, 6.45) is 0. The van der Waals surface area contributed by atoms with Crippen molar-refractivity contribution in [2.45, 2.75) is 11.8 Å². The first-order valence-electron chi connectivity index (χ1n) is 4.67. The van der Waals surface area contributed by atoms with Gasteiger partial charge in [0.1, 0.15) is 5.82 Å². The fourth-order valence-corrected chi connectivity index (χ4v) is 2.34. The number of hydrogen-bond donors (Lipinski definition) is 1. The van der Waals surface area contributed by atoms with Crippen LogP contribution in [0.5, 0.6) is 0 Å². The second-order valence-electron chi connectivity index (χ2n) is 3.33. The molecule has 0 spiro atoms. The summed E-state index contributed by atoms with van der Waals surface area (Å²) in [6.45, 7) is 1.54. The van der Waals surface area contributed by atoms with Gasteiger partial charge in [-0.05, 0) is 41.1 Å². The Kier molecular flexibility index (Phi) is 3.35. The molecular weight excluding hydrogens is 329 g/mol. The Labute approximate surface area is 110 Å². The van der Waals surface area contributed by atoms with E-state index >= 15 is 0 Å². The molecule has 0 radical (unpaired) electrons. The molecule has 1 N–H and O–H groups in total. The molecule has 2 rings (SSSR count). The van der Waals surface area contributed by atoms with Gasteiger partial charge in [-0.25, -0.2) is 17.5 Å². The van der Waals surface area contributed by atoms with Crippen LogP contribution in [-0.2, 0) is 10.0 Å².